The molecule has 4 heteroatoms. The molecule has 0 fully saturated rings. The number of benzene rings is 1. The first-order valence-corrected chi connectivity index (χ1v) is 5.48. The van der Waals surface area contributed by atoms with Gasteiger partial charge in [-0.15, -0.1) is 0 Å². The van der Waals surface area contributed by atoms with Gasteiger partial charge in [0.15, 0.2) is 12.2 Å². The van der Waals surface area contributed by atoms with E-state index in [1.165, 1.54) is 6.39 Å². The molecule has 0 amide bonds. The summed E-state index contributed by atoms with van der Waals surface area (Å²) in [6.45, 7) is 2.69. The molecule has 0 saturated carbocycles. The van der Waals surface area contributed by atoms with Gasteiger partial charge in [-0.1, -0.05) is 12.1 Å². The topological polar surface area (TPSA) is 47.3 Å². The molecule has 2 aromatic rings. The smallest absolute Gasteiger partial charge is 0.181 e. The Hall–Kier alpha value is -1.81. The SMILES string of the molecule is CNCc1ncoc1-c1ccc(C)c(OC)c1. The predicted octanol–water partition coefficient (Wildman–Crippen LogP) is 2.38. The number of nitrogens with one attached hydrogen (secondary N) is 1. The highest BCUT2D eigenvalue weighted by molar-refractivity contribution is 5.63. The van der Waals surface area contributed by atoms with E-state index in [0.29, 0.717) is 6.54 Å². The molecule has 0 bridgehead atoms. The van der Waals surface area contributed by atoms with Crippen LogP contribution in [0.25, 0.3) is 11.3 Å². The molecule has 1 aromatic carbocycles. The maximum Gasteiger partial charge on any atom is 0.181 e. The molecule has 0 unspecified atom stereocenters. The van der Waals surface area contributed by atoms with Crippen LogP contribution in [0.5, 0.6) is 5.75 Å². The standard InChI is InChI=1S/C13H16N2O2/c1-9-4-5-10(6-12(9)16-3)13-11(7-14-2)15-8-17-13/h4-6,8,14H,7H2,1-3H3. The highest BCUT2D eigenvalue weighted by atomic mass is 16.5. The maximum atomic E-state index is 5.44. The Morgan fingerprint density at radius 3 is 2.94 bits per heavy atom. The monoisotopic (exact) mass is 232 g/mol. The number of methoxy groups -OCH3 is 1. The van der Waals surface area contributed by atoms with Crippen LogP contribution in [0.15, 0.2) is 29.0 Å². The number of hydrogen-bond donors (Lipinski definition) is 1. The number of nitrogens with zero attached hydrogens (tertiary/aromatic N) is 1. The van der Waals surface area contributed by atoms with Crippen LogP contribution >= 0.6 is 0 Å². The molecule has 1 N–H and O–H groups in total. The number of aryl methyl sites for hydroxylation is 1. The van der Waals surface area contributed by atoms with Crippen LogP contribution in [0.2, 0.25) is 0 Å². The van der Waals surface area contributed by atoms with E-state index < -0.39 is 0 Å². The summed E-state index contributed by atoms with van der Waals surface area (Å²) >= 11 is 0. The van der Waals surface area contributed by atoms with E-state index in [4.69, 9.17) is 9.15 Å². The third-order valence-corrected chi connectivity index (χ3v) is 2.66. The second kappa shape index (κ2) is 5.01. The molecule has 4 nitrogen and oxygen atoms in total. The molecule has 17 heavy (non-hydrogen) atoms. The first-order valence-electron chi connectivity index (χ1n) is 5.48. The van der Waals surface area contributed by atoms with E-state index in [0.717, 1.165) is 28.3 Å². The van der Waals surface area contributed by atoms with Crippen LogP contribution in [-0.4, -0.2) is 19.1 Å². The van der Waals surface area contributed by atoms with Crippen molar-refractivity contribution in [2.45, 2.75) is 13.5 Å². The van der Waals surface area contributed by atoms with Crippen molar-refractivity contribution in [3.8, 4) is 17.1 Å². The van der Waals surface area contributed by atoms with Gasteiger partial charge in [-0.2, -0.15) is 0 Å². The van der Waals surface area contributed by atoms with Crippen LogP contribution in [0.3, 0.4) is 0 Å². The van der Waals surface area contributed by atoms with Crippen molar-refractivity contribution < 1.29 is 9.15 Å². The summed E-state index contributed by atoms with van der Waals surface area (Å²) in [5, 5.41) is 3.07. The average molecular weight is 232 g/mol. The van der Waals surface area contributed by atoms with Gasteiger partial charge in [0.1, 0.15) is 11.4 Å². The zero-order valence-corrected chi connectivity index (χ0v) is 10.3. The Morgan fingerprint density at radius 2 is 2.24 bits per heavy atom. The Morgan fingerprint density at radius 1 is 1.41 bits per heavy atom. The molecule has 0 aliphatic rings. The third kappa shape index (κ3) is 2.31. The van der Waals surface area contributed by atoms with Crippen LogP contribution in [0.4, 0.5) is 0 Å². The second-order valence-electron chi connectivity index (χ2n) is 3.84. The molecule has 1 aromatic heterocycles. The number of aromatic nitrogens is 1. The van der Waals surface area contributed by atoms with Gasteiger partial charge in [-0.05, 0) is 25.6 Å². The summed E-state index contributed by atoms with van der Waals surface area (Å²) in [6, 6.07) is 5.99. The second-order valence-corrected chi connectivity index (χ2v) is 3.84. The summed E-state index contributed by atoms with van der Waals surface area (Å²) in [5.74, 6) is 1.65. The van der Waals surface area contributed by atoms with Crippen LogP contribution in [0, 0.1) is 6.92 Å². The van der Waals surface area contributed by atoms with Crippen molar-refractivity contribution in [3.63, 3.8) is 0 Å². The molecular weight excluding hydrogens is 216 g/mol. The lowest BCUT2D eigenvalue weighted by molar-refractivity contribution is 0.411. The fourth-order valence-corrected chi connectivity index (χ4v) is 1.76. The van der Waals surface area contributed by atoms with Gasteiger partial charge in [-0.25, -0.2) is 4.98 Å². The van der Waals surface area contributed by atoms with Crippen molar-refractivity contribution in [1.29, 1.82) is 0 Å². The van der Waals surface area contributed by atoms with Crippen molar-refractivity contribution in [2.24, 2.45) is 0 Å². The van der Waals surface area contributed by atoms with E-state index in [9.17, 15) is 0 Å². The molecule has 0 aliphatic heterocycles. The predicted molar refractivity (Wildman–Crippen MR) is 66.0 cm³/mol. The molecule has 90 valence electrons. The van der Waals surface area contributed by atoms with Gasteiger partial charge in [0, 0.05) is 12.1 Å². The lowest BCUT2D eigenvalue weighted by Gasteiger charge is -2.07. The molecule has 0 spiro atoms. The van der Waals surface area contributed by atoms with Crippen molar-refractivity contribution in [1.82, 2.24) is 10.3 Å². The Kier molecular flexibility index (Phi) is 3.44. The van der Waals surface area contributed by atoms with Crippen LogP contribution in [-0.2, 0) is 6.54 Å². The minimum Gasteiger partial charge on any atom is -0.496 e. The molecular formula is C13H16N2O2. The summed E-state index contributed by atoms with van der Waals surface area (Å²) in [6.07, 6.45) is 1.47. The van der Waals surface area contributed by atoms with Gasteiger partial charge in [0.25, 0.3) is 0 Å². The van der Waals surface area contributed by atoms with Gasteiger partial charge < -0.3 is 14.5 Å². The summed E-state index contributed by atoms with van der Waals surface area (Å²) in [5.41, 5.74) is 2.99. The summed E-state index contributed by atoms with van der Waals surface area (Å²) < 4.78 is 10.7. The summed E-state index contributed by atoms with van der Waals surface area (Å²) in [7, 11) is 3.55. The zero-order valence-electron chi connectivity index (χ0n) is 10.3. The van der Waals surface area contributed by atoms with Crippen LogP contribution < -0.4 is 10.1 Å². The first kappa shape index (κ1) is 11.7. The molecule has 1 heterocycles. The normalized spacial score (nSPS) is 10.5. The molecule has 0 aliphatic carbocycles. The number of oxazole rings is 1. The maximum absolute atomic E-state index is 5.44. The number of ether oxygens (including phenoxy) is 1. The van der Waals surface area contributed by atoms with E-state index in [-0.39, 0.29) is 0 Å². The lowest BCUT2D eigenvalue weighted by atomic mass is 10.1. The lowest BCUT2D eigenvalue weighted by Crippen LogP contribution is -2.06. The van der Waals surface area contributed by atoms with Crippen molar-refractivity contribution in [2.75, 3.05) is 14.2 Å². The molecule has 0 atom stereocenters. The Bertz CT molecular complexity index is 506. The largest absolute Gasteiger partial charge is 0.496 e. The van der Waals surface area contributed by atoms with Gasteiger partial charge in [-0.3, -0.25) is 0 Å². The fourth-order valence-electron chi connectivity index (χ4n) is 1.76. The van der Waals surface area contributed by atoms with Crippen molar-refractivity contribution in [3.05, 3.63) is 35.9 Å². The zero-order chi connectivity index (χ0) is 12.3. The van der Waals surface area contributed by atoms with E-state index in [2.05, 4.69) is 10.3 Å². The minimum atomic E-state index is 0.683. The molecule has 2 rings (SSSR count). The quantitative estimate of drug-likeness (QED) is 0.879. The van der Waals surface area contributed by atoms with E-state index in [1.807, 2.05) is 32.2 Å². The fraction of sp³-hybridized carbons (Fsp3) is 0.308. The van der Waals surface area contributed by atoms with Crippen molar-refractivity contribution >= 4 is 0 Å². The minimum absolute atomic E-state index is 0.683. The molecule has 0 saturated heterocycles. The van der Waals surface area contributed by atoms with E-state index in [1.54, 1.807) is 7.11 Å². The Balaban J connectivity index is 2.42. The summed E-state index contributed by atoms with van der Waals surface area (Å²) in [4.78, 5) is 4.19. The van der Waals surface area contributed by atoms with Gasteiger partial charge >= 0.3 is 0 Å². The number of hydrogen-bond acceptors (Lipinski definition) is 4. The highest BCUT2D eigenvalue weighted by Crippen LogP contribution is 2.28. The van der Waals surface area contributed by atoms with E-state index >= 15 is 0 Å². The number of rotatable bonds is 4. The molecule has 0 radical (unpaired) electrons. The third-order valence-electron chi connectivity index (χ3n) is 2.66. The highest BCUT2D eigenvalue weighted by Gasteiger charge is 2.11. The Labute approximate surface area is 101 Å². The first-order chi connectivity index (χ1) is 8.26. The van der Waals surface area contributed by atoms with Gasteiger partial charge in [0.2, 0.25) is 0 Å². The average Bonchev–Trinajstić information content (AvgIpc) is 2.78. The van der Waals surface area contributed by atoms with Gasteiger partial charge in [0.05, 0.1) is 7.11 Å². The van der Waals surface area contributed by atoms with Crippen LogP contribution in [0.1, 0.15) is 11.3 Å².